The first-order valence-corrected chi connectivity index (χ1v) is 9.42. The van der Waals surface area contributed by atoms with Gasteiger partial charge in [-0.3, -0.25) is 9.59 Å². The Morgan fingerprint density at radius 1 is 1.36 bits per heavy atom. The number of methoxy groups -OCH3 is 1. The van der Waals surface area contributed by atoms with Crippen LogP contribution in [0.15, 0.2) is 23.8 Å². The maximum absolute atomic E-state index is 13.1. The monoisotopic (exact) mass is 409 g/mol. The van der Waals surface area contributed by atoms with Crippen LogP contribution in [-0.4, -0.2) is 56.1 Å². The number of para-hydroxylation sites is 1. The number of nitrogens with zero attached hydrogens (tertiary/aromatic N) is 1. The van der Waals surface area contributed by atoms with E-state index < -0.39 is 0 Å². The van der Waals surface area contributed by atoms with Gasteiger partial charge in [-0.1, -0.05) is 12.1 Å². The smallest absolute Gasteiger partial charge is 0.253 e. The molecule has 0 saturated carbocycles. The van der Waals surface area contributed by atoms with Crippen molar-refractivity contribution in [3.8, 4) is 11.5 Å². The van der Waals surface area contributed by atoms with Crippen molar-refractivity contribution in [1.29, 1.82) is 0 Å². The molecule has 1 aromatic carbocycles. The van der Waals surface area contributed by atoms with Crippen molar-refractivity contribution in [3.63, 3.8) is 0 Å². The molecule has 1 fully saturated rings. The minimum atomic E-state index is -0.0725. The molecule has 2 aliphatic rings. The summed E-state index contributed by atoms with van der Waals surface area (Å²) in [6, 6.07) is 5.62. The average Bonchev–Trinajstić information content (AvgIpc) is 2.71. The first-order chi connectivity index (χ1) is 13.1. The summed E-state index contributed by atoms with van der Waals surface area (Å²) in [6.45, 7) is 1.70. The molecule has 154 valence electrons. The van der Waals surface area contributed by atoms with Gasteiger partial charge in [-0.15, -0.1) is 12.4 Å². The molecule has 2 aliphatic heterocycles. The van der Waals surface area contributed by atoms with Crippen LogP contribution in [0.3, 0.4) is 0 Å². The fraction of sp³-hybridized carbons (Fsp3) is 0.500. The van der Waals surface area contributed by atoms with E-state index in [9.17, 15) is 9.59 Å². The van der Waals surface area contributed by atoms with Gasteiger partial charge in [0.2, 0.25) is 5.91 Å². The molecule has 7 nitrogen and oxygen atoms in total. The Hall–Kier alpha value is -2.25. The lowest BCUT2D eigenvalue weighted by atomic mass is 9.99. The van der Waals surface area contributed by atoms with Gasteiger partial charge in [0.15, 0.2) is 11.5 Å². The van der Waals surface area contributed by atoms with E-state index in [0.29, 0.717) is 43.1 Å². The van der Waals surface area contributed by atoms with Crippen molar-refractivity contribution < 1.29 is 19.1 Å². The first kappa shape index (κ1) is 22.0. The maximum atomic E-state index is 13.1. The van der Waals surface area contributed by atoms with Gasteiger partial charge < -0.3 is 25.4 Å². The maximum Gasteiger partial charge on any atom is 0.253 e. The Kier molecular flexibility index (Phi) is 8.14. The highest BCUT2D eigenvalue weighted by Gasteiger charge is 2.30. The molecular formula is C20H28ClN3O4. The summed E-state index contributed by atoms with van der Waals surface area (Å²) in [7, 11) is 1.60. The van der Waals surface area contributed by atoms with Crippen LogP contribution in [0, 0.1) is 0 Å². The zero-order valence-corrected chi connectivity index (χ0v) is 16.9. The van der Waals surface area contributed by atoms with E-state index in [-0.39, 0.29) is 36.9 Å². The van der Waals surface area contributed by atoms with Crippen molar-refractivity contribution in [2.45, 2.75) is 31.7 Å². The van der Waals surface area contributed by atoms with Crippen LogP contribution in [0.5, 0.6) is 11.5 Å². The first-order valence-electron chi connectivity index (χ1n) is 9.42. The summed E-state index contributed by atoms with van der Waals surface area (Å²) in [6.07, 6.45) is 5.09. The number of hydrogen-bond donors (Lipinski definition) is 2. The normalized spacial score (nSPS) is 18.1. The van der Waals surface area contributed by atoms with Crippen molar-refractivity contribution in [3.05, 3.63) is 29.3 Å². The third kappa shape index (κ3) is 4.97. The molecule has 3 rings (SSSR count). The summed E-state index contributed by atoms with van der Waals surface area (Å²) in [5, 5.41) is 2.89. The van der Waals surface area contributed by atoms with Crippen LogP contribution in [0.4, 0.5) is 0 Å². The fourth-order valence-corrected chi connectivity index (χ4v) is 3.58. The molecule has 0 aromatic heterocycles. The molecule has 0 aliphatic carbocycles. The summed E-state index contributed by atoms with van der Waals surface area (Å²) < 4.78 is 11.1. The Morgan fingerprint density at radius 3 is 2.93 bits per heavy atom. The van der Waals surface area contributed by atoms with Gasteiger partial charge in [-0.05, 0) is 31.4 Å². The molecule has 2 amide bonds. The number of ether oxygens (including phenoxy) is 2. The molecule has 0 spiro atoms. The third-order valence-corrected chi connectivity index (χ3v) is 5.00. The zero-order valence-electron chi connectivity index (χ0n) is 16.1. The minimum Gasteiger partial charge on any atom is -0.493 e. The molecule has 1 saturated heterocycles. The van der Waals surface area contributed by atoms with E-state index in [1.54, 1.807) is 7.11 Å². The molecule has 1 aromatic rings. The molecule has 28 heavy (non-hydrogen) atoms. The number of amides is 2. The van der Waals surface area contributed by atoms with Crippen LogP contribution in [0.2, 0.25) is 0 Å². The second-order valence-electron chi connectivity index (χ2n) is 6.83. The van der Waals surface area contributed by atoms with Gasteiger partial charge in [0.25, 0.3) is 5.91 Å². The van der Waals surface area contributed by atoms with E-state index in [2.05, 4.69) is 5.32 Å². The van der Waals surface area contributed by atoms with Crippen LogP contribution in [-0.2, 0) is 9.59 Å². The Morgan fingerprint density at radius 2 is 2.18 bits per heavy atom. The number of hydrogen-bond acceptors (Lipinski definition) is 5. The molecule has 0 bridgehead atoms. The highest BCUT2D eigenvalue weighted by molar-refractivity contribution is 5.99. The number of benzene rings is 1. The van der Waals surface area contributed by atoms with Crippen molar-refractivity contribution in [1.82, 2.24) is 10.2 Å². The molecule has 1 unspecified atom stereocenters. The number of halogens is 1. The van der Waals surface area contributed by atoms with Gasteiger partial charge in [0.05, 0.1) is 12.7 Å². The van der Waals surface area contributed by atoms with E-state index in [0.717, 1.165) is 24.8 Å². The Bertz CT molecular complexity index is 738. The number of fused-ring (bicyclic) bond motifs is 1. The summed E-state index contributed by atoms with van der Waals surface area (Å²) in [5.74, 6) is 1.23. The number of nitrogens with one attached hydrogen (secondary N) is 1. The van der Waals surface area contributed by atoms with Gasteiger partial charge in [-0.2, -0.15) is 0 Å². The zero-order chi connectivity index (χ0) is 19.2. The lowest BCUT2D eigenvalue weighted by Gasteiger charge is -2.37. The van der Waals surface area contributed by atoms with Crippen LogP contribution in [0.1, 0.15) is 31.2 Å². The van der Waals surface area contributed by atoms with Crippen molar-refractivity contribution in [2.24, 2.45) is 5.73 Å². The number of piperidine rings is 1. The van der Waals surface area contributed by atoms with Gasteiger partial charge in [0.1, 0.15) is 6.61 Å². The Labute approximate surface area is 171 Å². The predicted octanol–water partition coefficient (Wildman–Crippen LogP) is 1.74. The number of carbonyl (C=O) groups excluding carboxylic acids is 2. The number of carbonyl (C=O) groups is 2. The lowest BCUT2D eigenvalue weighted by molar-refractivity contribution is -0.131. The summed E-state index contributed by atoms with van der Waals surface area (Å²) >= 11 is 0. The topological polar surface area (TPSA) is 93.9 Å². The van der Waals surface area contributed by atoms with Crippen LogP contribution in [0.25, 0.3) is 6.08 Å². The molecule has 0 radical (unpaired) electrons. The van der Waals surface area contributed by atoms with Crippen molar-refractivity contribution in [2.75, 3.05) is 33.4 Å². The van der Waals surface area contributed by atoms with Crippen LogP contribution >= 0.6 is 12.4 Å². The highest BCUT2D eigenvalue weighted by Crippen LogP contribution is 2.36. The highest BCUT2D eigenvalue weighted by atomic mass is 35.5. The molecule has 8 heteroatoms. The second kappa shape index (κ2) is 10.3. The number of rotatable bonds is 6. The van der Waals surface area contributed by atoms with E-state index in [4.69, 9.17) is 15.2 Å². The minimum absolute atomic E-state index is 0. The van der Waals surface area contributed by atoms with Crippen LogP contribution < -0.4 is 20.5 Å². The van der Waals surface area contributed by atoms with E-state index in [1.807, 2.05) is 29.2 Å². The predicted molar refractivity (Wildman–Crippen MR) is 110 cm³/mol. The summed E-state index contributed by atoms with van der Waals surface area (Å²) in [5.41, 5.74) is 6.88. The Balaban J connectivity index is 0.00000280. The van der Waals surface area contributed by atoms with Gasteiger partial charge in [0, 0.05) is 37.7 Å². The third-order valence-electron chi connectivity index (χ3n) is 5.00. The molecule has 2 heterocycles. The fourth-order valence-electron chi connectivity index (χ4n) is 3.58. The largest absolute Gasteiger partial charge is 0.493 e. The SMILES string of the molecule is COc1cccc2c1OCC(C(=O)N1CCCCC1CNC(=O)CCN)=C2.Cl. The molecule has 1 atom stereocenters. The second-order valence-corrected chi connectivity index (χ2v) is 6.83. The summed E-state index contributed by atoms with van der Waals surface area (Å²) in [4.78, 5) is 26.7. The number of nitrogens with two attached hydrogens (primary N) is 1. The van der Waals surface area contributed by atoms with Gasteiger partial charge in [-0.25, -0.2) is 0 Å². The van der Waals surface area contributed by atoms with E-state index in [1.165, 1.54) is 0 Å². The van der Waals surface area contributed by atoms with E-state index >= 15 is 0 Å². The standard InChI is InChI=1S/C20H27N3O4.ClH/c1-26-17-7-4-5-14-11-15(13-27-19(14)17)20(25)23-10-3-2-6-16(23)12-22-18(24)8-9-21;/h4-5,7,11,16H,2-3,6,8-10,12-13,21H2,1H3,(H,22,24);1H. The number of likely N-dealkylation sites (tertiary alicyclic amines) is 1. The lowest BCUT2D eigenvalue weighted by Crippen LogP contribution is -2.50. The average molecular weight is 410 g/mol. The molecule has 3 N–H and O–H groups in total. The van der Waals surface area contributed by atoms with Crippen molar-refractivity contribution >= 4 is 30.3 Å². The quantitative estimate of drug-likeness (QED) is 0.746. The molecular weight excluding hydrogens is 382 g/mol. The van der Waals surface area contributed by atoms with Gasteiger partial charge >= 0.3 is 0 Å².